The number of para-hydroxylation sites is 2. The van der Waals surface area contributed by atoms with Crippen LogP contribution in [0.15, 0.2) is 85.3 Å². The number of benzene rings is 2. The lowest BCUT2D eigenvalue weighted by Gasteiger charge is -2.37. The highest BCUT2D eigenvalue weighted by Gasteiger charge is 2.32. The summed E-state index contributed by atoms with van der Waals surface area (Å²) in [6.07, 6.45) is 6.33. The van der Waals surface area contributed by atoms with E-state index >= 15 is 0 Å². The molecule has 7 heteroatoms. The van der Waals surface area contributed by atoms with Crippen molar-refractivity contribution in [2.45, 2.75) is 13.0 Å². The summed E-state index contributed by atoms with van der Waals surface area (Å²) in [5.74, 6) is 1.76. The first kappa shape index (κ1) is 23.9. The summed E-state index contributed by atoms with van der Waals surface area (Å²) in [4.78, 5) is 23.0. The van der Waals surface area contributed by atoms with Gasteiger partial charge in [0.2, 0.25) is 5.91 Å². The van der Waals surface area contributed by atoms with E-state index in [2.05, 4.69) is 44.6 Å². The Labute approximate surface area is 211 Å². The highest BCUT2D eigenvalue weighted by Crippen LogP contribution is 2.27. The van der Waals surface area contributed by atoms with Crippen LogP contribution in [-0.2, 0) is 11.3 Å². The number of nitrogens with zero attached hydrogens (tertiary/aromatic N) is 2. The molecule has 36 heavy (non-hydrogen) atoms. The molecule has 7 nitrogen and oxygen atoms in total. The van der Waals surface area contributed by atoms with E-state index in [9.17, 15) is 4.79 Å². The molecule has 1 amide bonds. The van der Waals surface area contributed by atoms with Crippen molar-refractivity contribution in [3.8, 4) is 11.5 Å². The molecule has 2 aromatic heterocycles. The standard InChI is InChI=1S/C29H32N4O3/c34-29(31-13-14-35-25-7-2-1-3-8-25)23-15-22(21-36-26-9-6-12-30-17-26)18-33(19-23)20-24-16-32-28-11-5-4-10-27(24)28/h1-12,16-17,22-23,32H,13-15,18-21H2,(H,31,34)/t22-,23+/m0/s1. The van der Waals surface area contributed by atoms with Crippen LogP contribution < -0.4 is 14.8 Å². The van der Waals surface area contributed by atoms with Crippen LogP contribution in [0.3, 0.4) is 0 Å². The number of rotatable bonds is 10. The van der Waals surface area contributed by atoms with Crippen molar-refractivity contribution >= 4 is 16.8 Å². The monoisotopic (exact) mass is 484 g/mol. The number of ether oxygens (including phenoxy) is 2. The quantitative estimate of drug-likeness (QED) is 0.329. The molecule has 0 aliphatic carbocycles. The number of likely N-dealkylation sites (tertiary alicyclic amines) is 1. The molecule has 1 aliphatic rings. The molecule has 1 fully saturated rings. The van der Waals surface area contributed by atoms with E-state index in [1.54, 1.807) is 12.4 Å². The van der Waals surface area contributed by atoms with Crippen LogP contribution in [0.1, 0.15) is 12.0 Å². The maximum absolute atomic E-state index is 13.1. The predicted octanol–water partition coefficient (Wildman–Crippen LogP) is 4.28. The number of nitrogens with one attached hydrogen (secondary N) is 2. The highest BCUT2D eigenvalue weighted by molar-refractivity contribution is 5.83. The first-order chi connectivity index (χ1) is 17.7. The molecule has 0 radical (unpaired) electrons. The molecule has 0 saturated carbocycles. The molecule has 3 heterocycles. The van der Waals surface area contributed by atoms with E-state index in [1.165, 1.54) is 10.9 Å². The molecule has 2 N–H and O–H groups in total. The molecule has 4 aromatic rings. The number of H-pyrrole nitrogens is 1. The third kappa shape index (κ3) is 6.23. The Hall–Kier alpha value is -3.84. The van der Waals surface area contributed by atoms with Gasteiger partial charge >= 0.3 is 0 Å². The van der Waals surface area contributed by atoms with Gasteiger partial charge in [0.15, 0.2) is 0 Å². The summed E-state index contributed by atoms with van der Waals surface area (Å²) in [6.45, 7) is 3.85. The van der Waals surface area contributed by atoms with Crippen molar-refractivity contribution in [3.05, 3.63) is 90.9 Å². The van der Waals surface area contributed by atoms with E-state index in [1.807, 2.05) is 48.5 Å². The summed E-state index contributed by atoms with van der Waals surface area (Å²) >= 11 is 0. The SMILES string of the molecule is O=C(NCCOc1ccccc1)[C@@H]1C[C@H](COc2cccnc2)CN(Cc2c[nH]c3ccccc23)C1. The zero-order valence-electron chi connectivity index (χ0n) is 20.3. The number of carbonyl (C=O) groups is 1. The van der Waals surface area contributed by atoms with Crippen LogP contribution in [0, 0.1) is 11.8 Å². The zero-order valence-corrected chi connectivity index (χ0v) is 20.3. The van der Waals surface area contributed by atoms with E-state index < -0.39 is 0 Å². The van der Waals surface area contributed by atoms with Gasteiger partial charge in [-0.15, -0.1) is 0 Å². The van der Waals surface area contributed by atoms with Gasteiger partial charge in [-0.05, 0) is 42.3 Å². The van der Waals surface area contributed by atoms with Crippen molar-refractivity contribution in [2.24, 2.45) is 11.8 Å². The molecular formula is C29H32N4O3. The molecule has 0 spiro atoms. The lowest BCUT2D eigenvalue weighted by Crippen LogP contribution is -2.47. The van der Waals surface area contributed by atoms with Gasteiger partial charge in [-0.2, -0.15) is 0 Å². The number of carbonyl (C=O) groups excluding carboxylic acids is 1. The second-order valence-corrected chi connectivity index (χ2v) is 9.30. The normalized spacial score (nSPS) is 18.1. The van der Waals surface area contributed by atoms with Crippen LogP contribution in [0.2, 0.25) is 0 Å². The van der Waals surface area contributed by atoms with E-state index in [4.69, 9.17) is 9.47 Å². The van der Waals surface area contributed by atoms with Gasteiger partial charge in [0.25, 0.3) is 0 Å². The number of amides is 1. The number of pyridine rings is 1. The fourth-order valence-electron chi connectivity index (χ4n) is 4.90. The van der Waals surface area contributed by atoms with E-state index in [-0.39, 0.29) is 17.7 Å². The zero-order chi connectivity index (χ0) is 24.6. The Balaban J connectivity index is 1.21. The Morgan fingerprint density at radius 3 is 2.69 bits per heavy atom. The molecule has 5 rings (SSSR count). The summed E-state index contributed by atoms with van der Waals surface area (Å²) in [6, 6.07) is 21.8. The number of hydrogen-bond donors (Lipinski definition) is 2. The third-order valence-corrected chi connectivity index (χ3v) is 6.59. The third-order valence-electron chi connectivity index (χ3n) is 6.59. The van der Waals surface area contributed by atoms with Gasteiger partial charge in [0.1, 0.15) is 18.1 Å². The number of hydrogen-bond acceptors (Lipinski definition) is 5. The highest BCUT2D eigenvalue weighted by atomic mass is 16.5. The van der Waals surface area contributed by atoms with E-state index in [0.29, 0.717) is 26.3 Å². The molecular weight excluding hydrogens is 452 g/mol. The van der Waals surface area contributed by atoms with Gasteiger partial charge in [0.05, 0.1) is 25.3 Å². The lowest BCUT2D eigenvalue weighted by molar-refractivity contribution is -0.127. The minimum Gasteiger partial charge on any atom is -0.492 e. The average molecular weight is 485 g/mol. The second kappa shape index (κ2) is 11.7. The van der Waals surface area contributed by atoms with Gasteiger partial charge < -0.3 is 19.8 Å². The number of fused-ring (bicyclic) bond motifs is 1. The first-order valence-corrected chi connectivity index (χ1v) is 12.5. The van der Waals surface area contributed by atoms with E-state index in [0.717, 1.165) is 36.5 Å². The number of piperidine rings is 1. The van der Waals surface area contributed by atoms with Crippen molar-refractivity contribution in [3.63, 3.8) is 0 Å². The van der Waals surface area contributed by atoms with Crippen LogP contribution >= 0.6 is 0 Å². The molecule has 0 bridgehead atoms. The first-order valence-electron chi connectivity index (χ1n) is 12.5. The lowest BCUT2D eigenvalue weighted by atomic mass is 9.88. The number of aromatic nitrogens is 2. The molecule has 1 saturated heterocycles. The largest absolute Gasteiger partial charge is 0.492 e. The summed E-state index contributed by atoms with van der Waals surface area (Å²) in [5.41, 5.74) is 2.38. The van der Waals surface area contributed by atoms with Crippen molar-refractivity contribution in [2.75, 3.05) is 32.8 Å². The van der Waals surface area contributed by atoms with Crippen molar-refractivity contribution in [1.29, 1.82) is 0 Å². The fourth-order valence-corrected chi connectivity index (χ4v) is 4.90. The maximum atomic E-state index is 13.1. The topological polar surface area (TPSA) is 79.5 Å². The smallest absolute Gasteiger partial charge is 0.224 e. The predicted molar refractivity (Wildman–Crippen MR) is 140 cm³/mol. The summed E-state index contributed by atoms with van der Waals surface area (Å²) < 4.78 is 11.8. The minimum atomic E-state index is -0.108. The molecule has 2 aromatic carbocycles. The maximum Gasteiger partial charge on any atom is 0.224 e. The van der Waals surface area contributed by atoms with Crippen LogP contribution in [0.5, 0.6) is 11.5 Å². The Morgan fingerprint density at radius 2 is 1.83 bits per heavy atom. The fraction of sp³-hybridized carbons (Fsp3) is 0.310. The summed E-state index contributed by atoms with van der Waals surface area (Å²) in [5, 5.41) is 4.31. The van der Waals surface area contributed by atoms with Gasteiger partial charge in [0, 0.05) is 48.8 Å². The van der Waals surface area contributed by atoms with Crippen LogP contribution in [0.4, 0.5) is 0 Å². The Kier molecular flexibility index (Phi) is 7.78. The van der Waals surface area contributed by atoms with Crippen molar-refractivity contribution in [1.82, 2.24) is 20.2 Å². The molecule has 0 unspecified atom stereocenters. The molecule has 1 aliphatic heterocycles. The van der Waals surface area contributed by atoms with Crippen molar-refractivity contribution < 1.29 is 14.3 Å². The Bertz CT molecular complexity index is 1250. The molecule has 2 atom stereocenters. The van der Waals surface area contributed by atoms with Gasteiger partial charge in [-0.1, -0.05) is 36.4 Å². The van der Waals surface area contributed by atoms with Gasteiger partial charge in [-0.25, -0.2) is 0 Å². The Morgan fingerprint density at radius 1 is 1.00 bits per heavy atom. The molecule has 186 valence electrons. The van der Waals surface area contributed by atoms with Crippen LogP contribution in [0.25, 0.3) is 10.9 Å². The second-order valence-electron chi connectivity index (χ2n) is 9.30. The average Bonchev–Trinajstić information content (AvgIpc) is 3.33. The van der Waals surface area contributed by atoms with Crippen LogP contribution in [-0.4, -0.2) is 53.6 Å². The van der Waals surface area contributed by atoms with Gasteiger partial charge in [-0.3, -0.25) is 14.7 Å². The summed E-state index contributed by atoms with van der Waals surface area (Å²) in [7, 11) is 0. The number of aromatic amines is 1. The minimum absolute atomic E-state index is 0.0710.